The average Bonchev–Trinajstić information content (AvgIpc) is 2.22. The van der Waals surface area contributed by atoms with Crippen LogP contribution in [0, 0.1) is 3.57 Å². The van der Waals surface area contributed by atoms with Crippen LogP contribution in [0.25, 0.3) is 0 Å². The number of carbonyl (C=O) groups is 1. The van der Waals surface area contributed by atoms with Gasteiger partial charge in [-0.05, 0) is 48.6 Å². The molecule has 0 aliphatic carbocycles. The van der Waals surface area contributed by atoms with E-state index in [2.05, 4.69) is 22.6 Å². The largest absolute Gasteiger partial charge is 0.490 e. The zero-order chi connectivity index (χ0) is 11.3. The van der Waals surface area contributed by atoms with Gasteiger partial charge in [0, 0.05) is 3.57 Å². The molecule has 0 fully saturated rings. The summed E-state index contributed by atoms with van der Waals surface area (Å²) in [6, 6.07) is 3.64. The summed E-state index contributed by atoms with van der Waals surface area (Å²) in [6.07, 6.45) is 0.787. The number of rotatable bonds is 5. The standard InChI is InChI=1S/C11H13IO3/c1-3-14-10-6-9(12)5-8(7-13)11(10)15-4-2/h5-7H,3-4H2,1-2H3. The van der Waals surface area contributed by atoms with Crippen LogP contribution >= 0.6 is 22.6 Å². The minimum absolute atomic E-state index is 0.515. The minimum Gasteiger partial charge on any atom is -0.490 e. The van der Waals surface area contributed by atoms with E-state index in [1.165, 1.54) is 0 Å². The molecule has 0 radical (unpaired) electrons. The van der Waals surface area contributed by atoms with Crippen molar-refractivity contribution in [1.82, 2.24) is 0 Å². The molecule has 0 heterocycles. The number of hydrogen-bond acceptors (Lipinski definition) is 3. The van der Waals surface area contributed by atoms with Gasteiger partial charge in [0.15, 0.2) is 17.8 Å². The number of halogens is 1. The van der Waals surface area contributed by atoms with E-state index in [4.69, 9.17) is 9.47 Å². The lowest BCUT2D eigenvalue weighted by atomic mass is 10.2. The number of hydrogen-bond donors (Lipinski definition) is 0. The Hall–Kier alpha value is -0.780. The van der Waals surface area contributed by atoms with Crippen LogP contribution in [0.2, 0.25) is 0 Å². The van der Waals surface area contributed by atoms with E-state index in [-0.39, 0.29) is 0 Å². The monoisotopic (exact) mass is 320 g/mol. The topological polar surface area (TPSA) is 35.5 Å². The second-order valence-electron chi connectivity index (χ2n) is 2.81. The zero-order valence-electron chi connectivity index (χ0n) is 8.75. The quantitative estimate of drug-likeness (QED) is 0.618. The van der Waals surface area contributed by atoms with Gasteiger partial charge >= 0.3 is 0 Å². The fourth-order valence-electron chi connectivity index (χ4n) is 1.24. The number of carbonyl (C=O) groups excluding carboxylic acids is 1. The summed E-state index contributed by atoms with van der Waals surface area (Å²) < 4.78 is 11.8. The molecule has 0 amide bonds. The molecule has 0 spiro atoms. The predicted octanol–water partition coefficient (Wildman–Crippen LogP) is 2.90. The fraction of sp³-hybridized carbons (Fsp3) is 0.364. The Bertz CT molecular complexity index is 350. The molecular formula is C11H13IO3. The molecule has 0 aromatic heterocycles. The van der Waals surface area contributed by atoms with Gasteiger partial charge in [0.2, 0.25) is 0 Å². The van der Waals surface area contributed by atoms with Gasteiger partial charge < -0.3 is 9.47 Å². The van der Waals surface area contributed by atoms with Crippen molar-refractivity contribution in [3.05, 3.63) is 21.3 Å². The summed E-state index contributed by atoms with van der Waals surface area (Å²) in [5.41, 5.74) is 0.534. The van der Waals surface area contributed by atoms with Crippen LogP contribution < -0.4 is 9.47 Å². The Labute approximate surface area is 103 Å². The second-order valence-corrected chi connectivity index (χ2v) is 4.05. The molecule has 0 aliphatic heterocycles. The van der Waals surface area contributed by atoms with E-state index in [0.717, 1.165) is 9.86 Å². The van der Waals surface area contributed by atoms with Gasteiger partial charge in [0.1, 0.15) is 0 Å². The molecule has 1 rings (SSSR count). The molecule has 1 aromatic carbocycles. The van der Waals surface area contributed by atoms with Gasteiger partial charge in [0.05, 0.1) is 18.8 Å². The van der Waals surface area contributed by atoms with E-state index >= 15 is 0 Å². The predicted molar refractivity (Wildman–Crippen MR) is 66.9 cm³/mol. The summed E-state index contributed by atoms with van der Waals surface area (Å²) in [5.74, 6) is 1.17. The van der Waals surface area contributed by atoms with Gasteiger partial charge in [-0.2, -0.15) is 0 Å². The number of benzene rings is 1. The maximum absolute atomic E-state index is 10.9. The lowest BCUT2D eigenvalue weighted by Gasteiger charge is -2.13. The molecular weight excluding hydrogens is 307 g/mol. The lowest BCUT2D eigenvalue weighted by molar-refractivity contribution is 0.111. The van der Waals surface area contributed by atoms with Crippen LogP contribution in [-0.4, -0.2) is 19.5 Å². The van der Waals surface area contributed by atoms with E-state index in [9.17, 15) is 4.79 Å². The molecule has 4 heteroatoms. The highest BCUT2D eigenvalue weighted by molar-refractivity contribution is 14.1. The summed E-state index contributed by atoms with van der Waals surface area (Å²) >= 11 is 2.14. The molecule has 0 N–H and O–H groups in total. The summed E-state index contributed by atoms with van der Waals surface area (Å²) in [5, 5.41) is 0. The fourth-order valence-corrected chi connectivity index (χ4v) is 1.86. The SMILES string of the molecule is CCOc1cc(I)cc(C=O)c1OCC. The van der Waals surface area contributed by atoms with Gasteiger partial charge in [-0.3, -0.25) is 4.79 Å². The first-order chi connectivity index (χ1) is 7.22. The normalized spacial score (nSPS) is 9.80. The maximum atomic E-state index is 10.9. The van der Waals surface area contributed by atoms with Crippen molar-refractivity contribution >= 4 is 28.9 Å². The molecule has 0 saturated heterocycles. The van der Waals surface area contributed by atoms with Gasteiger partial charge in [-0.25, -0.2) is 0 Å². The van der Waals surface area contributed by atoms with E-state index < -0.39 is 0 Å². The van der Waals surface area contributed by atoms with Crippen LogP contribution in [0.1, 0.15) is 24.2 Å². The first kappa shape index (κ1) is 12.3. The third-order valence-corrected chi connectivity index (χ3v) is 2.39. The Kier molecular flexibility index (Phi) is 4.87. The highest BCUT2D eigenvalue weighted by Gasteiger charge is 2.11. The molecule has 0 aliphatic rings. The van der Waals surface area contributed by atoms with Crippen molar-refractivity contribution < 1.29 is 14.3 Å². The zero-order valence-corrected chi connectivity index (χ0v) is 10.9. The number of aldehydes is 1. The Morgan fingerprint density at radius 3 is 2.47 bits per heavy atom. The van der Waals surface area contributed by atoms with Crippen molar-refractivity contribution in [1.29, 1.82) is 0 Å². The van der Waals surface area contributed by atoms with E-state index in [0.29, 0.717) is 30.3 Å². The van der Waals surface area contributed by atoms with Crippen LogP contribution in [0.5, 0.6) is 11.5 Å². The minimum atomic E-state index is 0.515. The van der Waals surface area contributed by atoms with Crippen LogP contribution in [0.15, 0.2) is 12.1 Å². The average molecular weight is 320 g/mol. The summed E-state index contributed by atoms with van der Waals surface area (Å²) in [7, 11) is 0. The smallest absolute Gasteiger partial charge is 0.171 e. The molecule has 15 heavy (non-hydrogen) atoms. The lowest BCUT2D eigenvalue weighted by Crippen LogP contribution is -2.02. The van der Waals surface area contributed by atoms with Crippen molar-refractivity contribution in [2.24, 2.45) is 0 Å². The maximum Gasteiger partial charge on any atom is 0.171 e. The molecule has 3 nitrogen and oxygen atoms in total. The molecule has 0 unspecified atom stereocenters. The van der Waals surface area contributed by atoms with E-state index in [1.807, 2.05) is 19.9 Å². The van der Waals surface area contributed by atoms with E-state index in [1.54, 1.807) is 6.07 Å². The molecule has 0 bridgehead atoms. The molecule has 1 aromatic rings. The van der Waals surface area contributed by atoms with Crippen molar-refractivity contribution in [3.63, 3.8) is 0 Å². The third kappa shape index (κ3) is 3.09. The third-order valence-electron chi connectivity index (χ3n) is 1.76. The highest BCUT2D eigenvalue weighted by Crippen LogP contribution is 2.32. The van der Waals surface area contributed by atoms with Gasteiger partial charge in [-0.15, -0.1) is 0 Å². The summed E-state index contributed by atoms with van der Waals surface area (Å²) in [4.78, 5) is 10.9. The van der Waals surface area contributed by atoms with Crippen molar-refractivity contribution in [2.75, 3.05) is 13.2 Å². The van der Waals surface area contributed by atoms with Gasteiger partial charge in [0.25, 0.3) is 0 Å². The van der Waals surface area contributed by atoms with Crippen molar-refractivity contribution in [3.8, 4) is 11.5 Å². The summed E-state index contributed by atoms with van der Waals surface area (Å²) in [6.45, 7) is 4.85. The number of ether oxygens (including phenoxy) is 2. The first-order valence-electron chi connectivity index (χ1n) is 4.77. The Morgan fingerprint density at radius 2 is 1.93 bits per heavy atom. The molecule has 0 saturated carbocycles. The molecule has 0 atom stereocenters. The Morgan fingerprint density at radius 1 is 1.27 bits per heavy atom. The van der Waals surface area contributed by atoms with Crippen LogP contribution in [0.4, 0.5) is 0 Å². The van der Waals surface area contributed by atoms with Crippen molar-refractivity contribution in [2.45, 2.75) is 13.8 Å². The van der Waals surface area contributed by atoms with Crippen LogP contribution in [0.3, 0.4) is 0 Å². The Balaban J connectivity index is 3.19. The first-order valence-corrected chi connectivity index (χ1v) is 5.85. The second kappa shape index (κ2) is 5.95. The van der Waals surface area contributed by atoms with Crippen LogP contribution in [-0.2, 0) is 0 Å². The molecule has 82 valence electrons. The van der Waals surface area contributed by atoms with Gasteiger partial charge in [-0.1, -0.05) is 0 Å². The highest BCUT2D eigenvalue weighted by atomic mass is 127.